The fourth-order valence-electron chi connectivity index (χ4n) is 2.38. The molecular formula is C21H39NO5. The molecule has 0 radical (unpaired) electrons. The lowest BCUT2D eigenvalue weighted by molar-refractivity contribution is -0.153. The summed E-state index contributed by atoms with van der Waals surface area (Å²) >= 11 is 0. The van der Waals surface area contributed by atoms with Gasteiger partial charge in [0.1, 0.15) is 6.61 Å². The molecule has 0 saturated carbocycles. The smallest absolute Gasteiger partial charge is 0.306 e. The minimum absolute atomic E-state index is 0.00145. The molecule has 0 aromatic heterocycles. The first-order valence-corrected chi connectivity index (χ1v) is 10.3. The molecule has 0 aliphatic rings. The van der Waals surface area contributed by atoms with E-state index in [0.29, 0.717) is 19.4 Å². The molecule has 0 aromatic rings. The Morgan fingerprint density at radius 2 is 1.85 bits per heavy atom. The Bertz CT molecular complexity index is 411. The molecule has 0 rings (SSSR count). The predicted molar refractivity (Wildman–Crippen MR) is 107 cm³/mol. The lowest BCUT2D eigenvalue weighted by Crippen LogP contribution is -2.36. The summed E-state index contributed by atoms with van der Waals surface area (Å²) in [7, 11) is 1.58. The van der Waals surface area contributed by atoms with Crippen molar-refractivity contribution >= 4 is 11.9 Å². The van der Waals surface area contributed by atoms with Gasteiger partial charge in [-0.2, -0.15) is 0 Å². The molecule has 2 atom stereocenters. The first kappa shape index (κ1) is 25.6. The number of allylic oxidation sites excluding steroid dienone is 2. The fourth-order valence-corrected chi connectivity index (χ4v) is 2.38. The van der Waals surface area contributed by atoms with Crippen LogP contribution in [0.4, 0.5) is 0 Å². The maximum absolute atomic E-state index is 11.8. The van der Waals surface area contributed by atoms with Gasteiger partial charge < -0.3 is 19.5 Å². The van der Waals surface area contributed by atoms with Gasteiger partial charge in [-0.15, -0.1) is 0 Å². The second kappa shape index (κ2) is 18.0. The molecule has 0 heterocycles. The Labute approximate surface area is 165 Å². The van der Waals surface area contributed by atoms with Crippen molar-refractivity contribution in [2.45, 2.75) is 90.9 Å². The van der Waals surface area contributed by atoms with E-state index in [4.69, 9.17) is 14.2 Å². The second-order valence-electron chi connectivity index (χ2n) is 6.71. The van der Waals surface area contributed by atoms with Crippen LogP contribution < -0.4 is 5.32 Å². The molecule has 6 nitrogen and oxygen atoms in total. The average Bonchev–Trinajstić information content (AvgIpc) is 2.66. The van der Waals surface area contributed by atoms with Crippen molar-refractivity contribution in [3.05, 3.63) is 12.2 Å². The van der Waals surface area contributed by atoms with Crippen LogP contribution in [0.1, 0.15) is 78.6 Å². The predicted octanol–water partition coefficient (Wildman–Crippen LogP) is 4.13. The van der Waals surface area contributed by atoms with E-state index in [1.165, 1.54) is 0 Å². The molecule has 0 aliphatic heterocycles. The van der Waals surface area contributed by atoms with Crippen molar-refractivity contribution in [2.24, 2.45) is 0 Å². The molecule has 27 heavy (non-hydrogen) atoms. The Hall–Kier alpha value is -1.40. The zero-order chi connectivity index (χ0) is 20.3. The van der Waals surface area contributed by atoms with Crippen LogP contribution in [-0.2, 0) is 23.8 Å². The number of esters is 1. The van der Waals surface area contributed by atoms with Gasteiger partial charge in [0.25, 0.3) is 0 Å². The highest BCUT2D eigenvalue weighted by molar-refractivity contribution is 5.76. The van der Waals surface area contributed by atoms with Crippen LogP contribution in [0.2, 0.25) is 0 Å². The number of rotatable bonds is 17. The zero-order valence-corrected chi connectivity index (χ0v) is 17.6. The number of amides is 1. The number of carbonyl (C=O) groups excluding carboxylic acids is 2. The topological polar surface area (TPSA) is 73.9 Å². The van der Waals surface area contributed by atoms with E-state index in [0.717, 1.165) is 38.5 Å². The van der Waals surface area contributed by atoms with Gasteiger partial charge in [-0.3, -0.25) is 9.59 Å². The Balaban J connectivity index is 3.80. The van der Waals surface area contributed by atoms with Crippen LogP contribution in [0, 0.1) is 0 Å². The van der Waals surface area contributed by atoms with Gasteiger partial charge in [-0.25, -0.2) is 0 Å². The number of unbranched alkanes of at least 4 members (excludes halogenated alkanes) is 3. The summed E-state index contributed by atoms with van der Waals surface area (Å²) in [5.74, 6) is -0.307. The van der Waals surface area contributed by atoms with Crippen molar-refractivity contribution in [3.8, 4) is 0 Å². The van der Waals surface area contributed by atoms with E-state index in [-0.39, 0.29) is 30.9 Å². The largest absolute Gasteiger partial charge is 0.463 e. The molecule has 2 unspecified atom stereocenters. The average molecular weight is 386 g/mol. The standard InChI is InChI=1S/C21H39NO5/c1-5-7-9-10-11-12-16-26-21(25-4)15-14-20(24)27-17-18(3)22-19(23)13-8-6-2/h7,9,18,21H,5-6,8,10-17H2,1-4H3,(H,22,23)/b9-7-. The van der Waals surface area contributed by atoms with E-state index in [1.807, 2.05) is 13.8 Å². The van der Waals surface area contributed by atoms with E-state index in [1.54, 1.807) is 7.11 Å². The molecule has 158 valence electrons. The number of ether oxygens (including phenoxy) is 3. The van der Waals surface area contributed by atoms with Gasteiger partial charge >= 0.3 is 5.97 Å². The van der Waals surface area contributed by atoms with Gasteiger partial charge in [0.05, 0.1) is 12.5 Å². The fraction of sp³-hybridized carbons (Fsp3) is 0.810. The summed E-state index contributed by atoms with van der Waals surface area (Å²) in [6, 6.07) is -0.186. The quantitative estimate of drug-likeness (QED) is 0.176. The number of methoxy groups -OCH3 is 1. The highest BCUT2D eigenvalue weighted by Crippen LogP contribution is 2.07. The van der Waals surface area contributed by atoms with Crippen molar-refractivity contribution < 1.29 is 23.8 Å². The molecule has 0 aromatic carbocycles. The van der Waals surface area contributed by atoms with Gasteiger partial charge in [0.15, 0.2) is 6.29 Å². The summed E-state index contributed by atoms with van der Waals surface area (Å²) < 4.78 is 16.1. The number of nitrogens with one attached hydrogen (secondary N) is 1. The third kappa shape index (κ3) is 16.5. The van der Waals surface area contributed by atoms with Crippen LogP contribution >= 0.6 is 0 Å². The van der Waals surface area contributed by atoms with Crippen molar-refractivity contribution in [1.29, 1.82) is 0 Å². The number of hydrogen-bond acceptors (Lipinski definition) is 5. The van der Waals surface area contributed by atoms with Crippen LogP contribution in [0.15, 0.2) is 12.2 Å². The summed E-state index contributed by atoms with van der Waals surface area (Å²) in [5.41, 5.74) is 0. The van der Waals surface area contributed by atoms with Crippen LogP contribution in [-0.4, -0.2) is 44.5 Å². The third-order valence-electron chi connectivity index (χ3n) is 3.98. The van der Waals surface area contributed by atoms with E-state index in [9.17, 15) is 9.59 Å². The highest BCUT2D eigenvalue weighted by Gasteiger charge is 2.13. The molecule has 0 saturated heterocycles. The number of carbonyl (C=O) groups is 2. The normalized spacial score (nSPS) is 13.5. The third-order valence-corrected chi connectivity index (χ3v) is 3.98. The monoisotopic (exact) mass is 385 g/mol. The molecular weight excluding hydrogens is 346 g/mol. The van der Waals surface area contributed by atoms with Gasteiger partial charge in [-0.1, -0.05) is 32.4 Å². The molecule has 6 heteroatoms. The molecule has 0 spiro atoms. The molecule has 1 N–H and O–H groups in total. The van der Waals surface area contributed by atoms with Crippen molar-refractivity contribution in [3.63, 3.8) is 0 Å². The Kier molecular flexibility index (Phi) is 17.1. The van der Waals surface area contributed by atoms with Gasteiger partial charge in [0.2, 0.25) is 5.91 Å². The Morgan fingerprint density at radius 1 is 1.07 bits per heavy atom. The summed E-state index contributed by atoms with van der Waals surface area (Å²) in [6.07, 6.45) is 11.2. The molecule has 0 fully saturated rings. The SMILES string of the molecule is CC/C=C\CCCCOC(CCC(=O)OCC(C)NC(=O)CCCC)OC. The summed E-state index contributed by atoms with van der Waals surface area (Å²) in [6.45, 7) is 6.79. The molecule has 1 amide bonds. The van der Waals surface area contributed by atoms with E-state index >= 15 is 0 Å². The lowest BCUT2D eigenvalue weighted by atomic mass is 10.2. The summed E-state index contributed by atoms with van der Waals surface area (Å²) in [5, 5.41) is 2.83. The lowest BCUT2D eigenvalue weighted by Gasteiger charge is -2.17. The van der Waals surface area contributed by atoms with E-state index in [2.05, 4.69) is 24.4 Å². The van der Waals surface area contributed by atoms with E-state index < -0.39 is 6.29 Å². The maximum atomic E-state index is 11.8. The van der Waals surface area contributed by atoms with Gasteiger partial charge in [-0.05, 0) is 39.0 Å². The van der Waals surface area contributed by atoms with Crippen molar-refractivity contribution in [2.75, 3.05) is 20.3 Å². The Morgan fingerprint density at radius 3 is 2.52 bits per heavy atom. The minimum Gasteiger partial charge on any atom is -0.463 e. The minimum atomic E-state index is -0.394. The molecule has 0 bridgehead atoms. The zero-order valence-electron chi connectivity index (χ0n) is 17.6. The first-order valence-electron chi connectivity index (χ1n) is 10.3. The van der Waals surface area contributed by atoms with Crippen molar-refractivity contribution in [1.82, 2.24) is 5.32 Å². The number of hydrogen-bond donors (Lipinski definition) is 1. The van der Waals surface area contributed by atoms with Crippen LogP contribution in [0.3, 0.4) is 0 Å². The second-order valence-corrected chi connectivity index (χ2v) is 6.71. The highest BCUT2D eigenvalue weighted by atomic mass is 16.7. The first-order chi connectivity index (χ1) is 13.0. The van der Waals surface area contributed by atoms with Crippen LogP contribution in [0.25, 0.3) is 0 Å². The summed E-state index contributed by atoms with van der Waals surface area (Å²) in [4.78, 5) is 23.5. The maximum Gasteiger partial charge on any atom is 0.306 e. The van der Waals surface area contributed by atoms with Gasteiger partial charge in [0, 0.05) is 26.6 Å². The van der Waals surface area contributed by atoms with Crippen LogP contribution in [0.5, 0.6) is 0 Å². The molecule has 0 aliphatic carbocycles.